The normalized spacial score (nSPS) is 12.7. The lowest BCUT2D eigenvalue weighted by Crippen LogP contribution is -2.33. The summed E-state index contributed by atoms with van der Waals surface area (Å²) in [4.78, 5) is 27.2. The molecule has 1 amide bonds. The number of esters is 1. The minimum atomic E-state index is -0.530. The highest BCUT2D eigenvalue weighted by molar-refractivity contribution is 6.31. The number of hydrogen-bond donors (Lipinski definition) is 0. The van der Waals surface area contributed by atoms with Crippen molar-refractivity contribution in [2.75, 3.05) is 20.3 Å². The van der Waals surface area contributed by atoms with Crippen LogP contribution in [0.3, 0.4) is 0 Å². The van der Waals surface area contributed by atoms with Crippen molar-refractivity contribution in [1.29, 1.82) is 0 Å². The topological polar surface area (TPSA) is 55.8 Å². The second-order valence-electron chi connectivity index (χ2n) is 7.87. The van der Waals surface area contributed by atoms with E-state index in [9.17, 15) is 9.59 Å². The Morgan fingerprint density at radius 3 is 2.38 bits per heavy atom. The first-order valence-electron chi connectivity index (χ1n) is 11.3. The van der Waals surface area contributed by atoms with Crippen LogP contribution in [-0.2, 0) is 9.47 Å². The van der Waals surface area contributed by atoms with Gasteiger partial charge in [0, 0.05) is 12.1 Å². The maximum atomic E-state index is 13.2. The van der Waals surface area contributed by atoms with Gasteiger partial charge in [-0.15, -0.1) is 0 Å². The summed E-state index contributed by atoms with van der Waals surface area (Å²) in [7, 11) is 1.66. The van der Waals surface area contributed by atoms with Crippen LogP contribution >= 0.6 is 11.6 Å². The van der Waals surface area contributed by atoms with Gasteiger partial charge >= 0.3 is 12.1 Å². The van der Waals surface area contributed by atoms with E-state index in [-0.39, 0.29) is 6.61 Å². The zero-order valence-electron chi connectivity index (χ0n) is 19.5. The van der Waals surface area contributed by atoms with Crippen molar-refractivity contribution in [2.45, 2.75) is 52.5 Å². The Bertz CT molecular complexity index is 871. The summed E-state index contributed by atoms with van der Waals surface area (Å²) in [5, 5.41) is 0.435. The molecule has 174 valence electrons. The number of benzene rings is 2. The van der Waals surface area contributed by atoms with Gasteiger partial charge in [0.2, 0.25) is 0 Å². The van der Waals surface area contributed by atoms with E-state index < -0.39 is 18.1 Å². The average molecular weight is 460 g/mol. The summed E-state index contributed by atoms with van der Waals surface area (Å²) in [6.07, 6.45) is 3.73. The Labute approximate surface area is 196 Å². The molecule has 0 saturated heterocycles. The number of amides is 1. The lowest BCUT2D eigenvalue weighted by Gasteiger charge is -2.29. The standard InChI is InChI=1S/C26H34ClNO4/c1-5-8-12-19(6-2)18-32-25(29)23-17-21(27)15-16-22(23)24(20-13-10-9-11-14-20)28(4)26(30)31-7-3/h9-11,13-17,19,24H,5-8,12,18H2,1-4H3. The summed E-state index contributed by atoms with van der Waals surface area (Å²) in [6.45, 7) is 6.65. The van der Waals surface area contributed by atoms with Gasteiger partial charge in [-0.3, -0.25) is 0 Å². The van der Waals surface area contributed by atoms with Crippen molar-refractivity contribution >= 4 is 23.7 Å². The number of rotatable bonds is 11. The molecule has 2 unspecified atom stereocenters. The molecule has 0 N–H and O–H groups in total. The molecule has 0 bridgehead atoms. The van der Waals surface area contributed by atoms with Gasteiger partial charge < -0.3 is 14.4 Å². The molecular weight excluding hydrogens is 426 g/mol. The summed E-state index contributed by atoms with van der Waals surface area (Å²) >= 11 is 6.25. The monoisotopic (exact) mass is 459 g/mol. The van der Waals surface area contributed by atoms with Gasteiger partial charge in [-0.25, -0.2) is 9.59 Å². The molecule has 0 aliphatic heterocycles. The maximum absolute atomic E-state index is 13.2. The fraction of sp³-hybridized carbons (Fsp3) is 0.462. The van der Waals surface area contributed by atoms with Crippen LogP contribution in [0.1, 0.15) is 74.0 Å². The van der Waals surface area contributed by atoms with Crippen molar-refractivity contribution < 1.29 is 19.1 Å². The van der Waals surface area contributed by atoms with E-state index in [0.717, 1.165) is 31.2 Å². The predicted molar refractivity (Wildman–Crippen MR) is 128 cm³/mol. The molecule has 6 heteroatoms. The van der Waals surface area contributed by atoms with Crippen LogP contribution in [-0.4, -0.2) is 37.2 Å². The highest BCUT2D eigenvalue weighted by atomic mass is 35.5. The molecule has 0 aromatic heterocycles. The third-order valence-corrected chi connectivity index (χ3v) is 5.82. The Kier molecular flexibility index (Phi) is 10.5. The fourth-order valence-electron chi connectivity index (χ4n) is 3.69. The Morgan fingerprint density at radius 1 is 1.03 bits per heavy atom. The quantitative estimate of drug-likeness (QED) is 0.343. The number of carbonyl (C=O) groups excluding carboxylic acids is 2. The molecule has 5 nitrogen and oxygen atoms in total. The third-order valence-electron chi connectivity index (χ3n) is 5.58. The van der Waals surface area contributed by atoms with Gasteiger partial charge in [0.1, 0.15) is 0 Å². The van der Waals surface area contributed by atoms with Crippen molar-refractivity contribution in [3.8, 4) is 0 Å². The van der Waals surface area contributed by atoms with Crippen LogP contribution in [0.15, 0.2) is 48.5 Å². The first-order chi connectivity index (χ1) is 15.4. The molecule has 2 aromatic carbocycles. The minimum Gasteiger partial charge on any atom is -0.462 e. The van der Waals surface area contributed by atoms with E-state index in [1.54, 1.807) is 32.2 Å². The molecule has 0 radical (unpaired) electrons. The molecule has 0 spiro atoms. The maximum Gasteiger partial charge on any atom is 0.410 e. The van der Waals surface area contributed by atoms with Crippen molar-refractivity contribution in [1.82, 2.24) is 4.90 Å². The molecule has 0 fully saturated rings. The van der Waals surface area contributed by atoms with E-state index in [2.05, 4.69) is 13.8 Å². The van der Waals surface area contributed by atoms with Crippen LogP contribution in [0, 0.1) is 5.92 Å². The average Bonchev–Trinajstić information content (AvgIpc) is 2.80. The second kappa shape index (κ2) is 13.1. The van der Waals surface area contributed by atoms with Crippen molar-refractivity contribution in [2.24, 2.45) is 5.92 Å². The number of ether oxygens (including phenoxy) is 2. The highest BCUT2D eigenvalue weighted by Gasteiger charge is 2.29. The van der Waals surface area contributed by atoms with Gasteiger partial charge in [-0.1, -0.05) is 81.1 Å². The Balaban J connectivity index is 2.40. The van der Waals surface area contributed by atoms with Crippen molar-refractivity contribution in [3.63, 3.8) is 0 Å². The van der Waals surface area contributed by atoms with Gasteiger partial charge in [-0.2, -0.15) is 0 Å². The summed E-state index contributed by atoms with van der Waals surface area (Å²) in [6, 6.07) is 14.1. The number of carbonyl (C=O) groups is 2. The number of hydrogen-bond acceptors (Lipinski definition) is 4. The first-order valence-corrected chi connectivity index (χ1v) is 11.7. The molecule has 2 atom stereocenters. The van der Waals surface area contributed by atoms with E-state index >= 15 is 0 Å². The summed E-state index contributed by atoms with van der Waals surface area (Å²) < 4.78 is 10.9. The Hall–Kier alpha value is -2.53. The van der Waals surface area contributed by atoms with Crippen LogP contribution in [0.25, 0.3) is 0 Å². The fourth-order valence-corrected chi connectivity index (χ4v) is 3.86. The lowest BCUT2D eigenvalue weighted by atomic mass is 9.93. The minimum absolute atomic E-state index is 0.260. The smallest absolute Gasteiger partial charge is 0.410 e. The van der Waals surface area contributed by atoms with Gasteiger partial charge in [-0.05, 0) is 42.5 Å². The summed E-state index contributed by atoms with van der Waals surface area (Å²) in [5.41, 5.74) is 1.85. The zero-order chi connectivity index (χ0) is 23.5. The van der Waals surface area contributed by atoms with Crippen molar-refractivity contribution in [3.05, 3.63) is 70.2 Å². The third kappa shape index (κ3) is 6.99. The molecule has 2 aromatic rings. The molecule has 0 aliphatic rings. The number of unbranched alkanes of at least 4 members (excludes halogenated alkanes) is 1. The van der Waals surface area contributed by atoms with E-state index in [4.69, 9.17) is 21.1 Å². The predicted octanol–water partition coefficient (Wildman–Crippen LogP) is 6.89. The van der Waals surface area contributed by atoms with Crippen LogP contribution in [0.5, 0.6) is 0 Å². The number of halogens is 1. The molecule has 2 rings (SSSR count). The van der Waals surface area contributed by atoms with Crippen LogP contribution in [0.2, 0.25) is 5.02 Å². The van der Waals surface area contributed by atoms with Gasteiger partial charge in [0.25, 0.3) is 0 Å². The molecule has 0 aliphatic carbocycles. The molecule has 0 saturated carbocycles. The van der Waals surface area contributed by atoms with E-state index in [1.807, 2.05) is 30.3 Å². The molecule has 0 heterocycles. The van der Waals surface area contributed by atoms with E-state index in [0.29, 0.717) is 28.7 Å². The van der Waals surface area contributed by atoms with Gasteiger partial charge in [0.15, 0.2) is 0 Å². The SMILES string of the molecule is CCCCC(CC)COC(=O)c1cc(Cl)ccc1C(c1ccccc1)N(C)C(=O)OCC. The molecular formula is C26H34ClNO4. The largest absolute Gasteiger partial charge is 0.462 e. The van der Waals surface area contributed by atoms with E-state index in [1.165, 1.54) is 4.90 Å². The van der Waals surface area contributed by atoms with Crippen LogP contribution < -0.4 is 0 Å². The Morgan fingerprint density at radius 2 is 1.75 bits per heavy atom. The highest BCUT2D eigenvalue weighted by Crippen LogP contribution is 2.32. The molecule has 32 heavy (non-hydrogen) atoms. The lowest BCUT2D eigenvalue weighted by molar-refractivity contribution is 0.0424. The van der Waals surface area contributed by atoms with Crippen LogP contribution in [0.4, 0.5) is 4.79 Å². The van der Waals surface area contributed by atoms with Gasteiger partial charge in [0.05, 0.1) is 24.8 Å². The first kappa shape index (κ1) is 25.7. The second-order valence-corrected chi connectivity index (χ2v) is 8.31. The summed E-state index contributed by atoms with van der Waals surface area (Å²) in [5.74, 6) is -0.107. The number of nitrogens with zero attached hydrogens (tertiary/aromatic N) is 1. The zero-order valence-corrected chi connectivity index (χ0v) is 20.2.